The summed E-state index contributed by atoms with van der Waals surface area (Å²) in [7, 11) is 0.436. The van der Waals surface area contributed by atoms with Crippen LogP contribution in [0.2, 0.25) is 0 Å². The van der Waals surface area contributed by atoms with E-state index in [4.69, 9.17) is 0 Å². The molecule has 1 aliphatic carbocycles. The Labute approximate surface area is 125 Å². The first-order chi connectivity index (χ1) is 9.38. The van der Waals surface area contributed by atoms with Gasteiger partial charge in [-0.3, -0.25) is 0 Å². The third kappa shape index (κ3) is 4.53. The van der Waals surface area contributed by atoms with Crippen LogP contribution in [0.25, 0.3) is 0 Å². The molecule has 1 aromatic heterocycles. The molecule has 0 aromatic carbocycles. The zero-order chi connectivity index (χ0) is 14.8. The predicted molar refractivity (Wildman–Crippen MR) is 82.5 cm³/mol. The Hall–Kier alpha value is -0.470. The Morgan fingerprint density at radius 3 is 2.75 bits per heavy atom. The normalized spacial score (nSPS) is 17.6. The van der Waals surface area contributed by atoms with Crippen molar-refractivity contribution in [3.63, 3.8) is 0 Å². The van der Waals surface area contributed by atoms with Crippen LogP contribution >= 0.6 is 11.3 Å². The zero-order valence-electron chi connectivity index (χ0n) is 12.2. The van der Waals surface area contributed by atoms with Crippen molar-refractivity contribution in [3.8, 4) is 0 Å². The number of nitrogens with zero attached hydrogens (tertiary/aromatic N) is 1. The quantitative estimate of drug-likeness (QED) is 0.757. The van der Waals surface area contributed by atoms with Gasteiger partial charge in [0.2, 0.25) is 10.0 Å². The Morgan fingerprint density at radius 1 is 1.45 bits per heavy atom. The number of nitrogens with one attached hydrogen (secondary N) is 2. The molecule has 2 rings (SSSR count). The van der Waals surface area contributed by atoms with Crippen molar-refractivity contribution in [2.24, 2.45) is 0 Å². The topological polar surface area (TPSA) is 61.4 Å². The lowest BCUT2D eigenvalue weighted by atomic mass is 10.3. The molecule has 0 spiro atoms. The van der Waals surface area contributed by atoms with E-state index in [0.717, 1.165) is 4.88 Å². The van der Waals surface area contributed by atoms with Gasteiger partial charge in [0.05, 0.1) is 4.90 Å². The first-order valence-electron chi connectivity index (χ1n) is 6.85. The van der Waals surface area contributed by atoms with Gasteiger partial charge < -0.3 is 10.2 Å². The molecule has 114 valence electrons. The highest BCUT2D eigenvalue weighted by Gasteiger charge is 2.24. The summed E-state index contributed by atoms with van der Waals surface area (Å²) in [6.07, 6.45) is 2.40. The molecular formula is C13H23N3O2S2. The van der Waals surface area contributed by atoms with Crippen molar-refractivity contribution in [1.82, 2.24) is 14.9 Å². The molecule has 0 saturated heterocycles. The van der Waals surface area contributed by atoms with Gasteiger partial charge in [-0.25, -0.2) is 13.1 Å². The summed E-state index contributed by atoms with van der Waals surface area (Å²) < 4.78 is 27.6. The molecule has 1 unspecified atom stereocenters. The maximum absolute atomic E-state index is 12.4. The molecule has 0 radical (unpaired) electrons. The number of hydrogen-bond acceptors (Lipinski definition) is 5. The molecule has 0 bridgehead atoms. The van der Waals surface area contributed by atoms with Crippen LogP contribution in [-0.2, 0) is 16.6 Å². The summed E-state index contributed by atoms with van der Waals surface area (Å²) in [5.41, 5.74) is 0. The highest BCUT2D eigenvalue weighted by atomic mass is 32.2. The Kier molecular flexibility index (Phi) is 5.19. The molecule has 1 heterocycles. The summed E-state index contributed by atoms with van der Waals surface area (Å²) in [6, 6.07) is 2.16. The first kappa shape index (κ1) is 15.9. The van der Waals surface area contributed by atoms with Crippen LogP contribution < -0.4 is 10.0 Å². The standard InChI is InChI=1S/C13H23N3O2S2/c1-10(9-16(2)3)15-20(17,18)13-6-7-19-12(13)8-14-11-4-5-11/h6-7,10-11,14-15H,4-5,8-9H2,1-3H3. The van der Waals surface area contributed by atoms with Crippen molar-refractivity contribution in [3.05, 3.63) is 16.3 Å². The van der Waals surface area contributed by atoms with Crippen molar-refractivity contribution in [1.29, 1.82) is 0 Å². The van der Waals surface area contributed by atoms with Gasteiger partial charge in [0, 0.05) is 30.1 Å². The predicted octanol–water partition coefficient (Wildman–Crippen LogP) is 1.23. The lowest BCUT2D eigenvalue weighted by molar-refractivity contribution is 0.370. The van der Waals surface area contributed by atoms with Gasteiger partial charge in [0.1, 0.15) is 0 Å². The summed E-state index contributed by atoms with van der Waals surface area (Å²) in [4.78, 5) is 3.28. The Bertz CT molecular complexity index is 536. The minimum absolute atomic E-state index is 0.112. The summed E-state index contributed by atoms with van der Waals surface area (Å²) in [6.45, 7) is 3.20. The molecule has 2 N–H and O–H groups in total. The van der Waals surface area contributed by atoms with E-state index in [0.29, 0.717) is 24.0 Å². The number of likely N-dealkylation sites (N-methyl/N-ethyl adjacent to an activating group) is 1. The van der Waals surface area contributed by atoms with E-state index in [1.807, 2.05) is 31.3 Å². The minimum atomic E-state index is -3.43. The van der Waals surface area contributed by atoms with Gasteiger partial charge in [-0.05, 0) is 45.3 Å². The lowest BCUT2D eigenvalue weighted by Gasteiger charge is -2.18. The maximum Gasteiger partial charge on any atom is 0.242 e. The van der Waals surface area contributed by atoms with Crippen LogP contribution in [0.3, 0.4) is 0 Å². The molecule has 20 heavy (non-hydrogen) atoms. The molecule has 5 nitrogen and oxygen atoms in total. The van der Waals surface area contributed by atoms with Crippen molar-refractivity contribution in [2.75, 3.05) is 20.6 Å². The van der Waals surface area contributed by atoms with Gasteiger partial charge in [-0.15, -0.1) is 11.3 Å². The highest BCUT2D eigenvalue weighted by Crippen LogP contribution is 2.25. The van der Waals surface area contributed by atoms with E-state index < -0.39 is 10.0 Å². The van der Waals surface area contributed by atoms with Crippen LogP contribution in [0.5, 0.6) is 0 Å². The largest absolute Gasteiger partial charge is 0.309 e. The van der Waals surface area contributed by atoms with Crippen LogP contribution in [0.4, 0.5) is 0 Å². The monoisotopic (exact) mass is 317 g/mol. The second kappa shape index (κ2) is 6.53. The van der Waals surface area contributed by atoms with Gasteiger partial charge in [0.25, 0.3) is 0 Å². The molecular weight excluding hydrogens is 294 g/mol. The number of hydrogen-bond donors (Lipinski definition) is 2. The smallest absolute Gasteiger partial charge is 0.242 e. The number of thiophene rings is 1. The van der Waals surface area contributed by atoms with Crippen LogP contribution in [-0.4, -0.2) is 46.0 Å². The van der Waals surface area contributed by atoms with E-state index in [1.54, 1.807) is 6.07 Å². The Balaban J connectivity index is 2.02. The SMILES string of the molecule is CC(CN(C)C)NS(=O)(=O)c1ccsc1CNC1CC1. The molecule has 1 aliphatic rings. The third-order valence-electron chi connectivity index (χ3n) is 3.12. The molecule has 1 aromatic rings. The minimum Gasteiger partial charge on any atom is -0.309 e. The van der Waals surface area contributed by atoms with Gasteiger partial charge >= 0.3 is 0 Å². The van der Waals surface area contributed by atoms with Crippen LogP contribution in [0, 0.1) is 0 Å². The van der Waals surface area contributed by atoms with E-state index in [9.17, 15) is 8.42 Å². The Morgan fingerprint density at radius 2 is 2.15 bits per heavy atom. The molecule has 1 fully saturated rings. The fourth-order valence-electron chi connectivity index (χ4n) is 2.14. The second-order valence-electron chi connectivity index (χ2n) is 5.65. The summed E-state index contributed by atoms with van der Waals surface area (Å²) in [5.74, 6) is 0. The summed E-state index contributed by atoms with van der Waals surface area (Å²) in [5, 5.41) is 5.21. The van der Waals surface area contributed by atoms with Crippen molar-refractivity contribution >= 4 is 21.4 Å². The molecule has 1 atom stereocenters. The van der Waals surface area contributed by atoms with E-state index in [1.165, 1.54) is 24.2 Å². The van der Waals surface area contributed by atoms with Gasteiger partial charge in [0.15, 0.2) is 0 Å². The van der Waals surface area contributed by atoms with Crippen LogP contribution in [0.15, 0.2) is 16.3 Å². The lowest BCUT2D eigenvalue weighted by Crippen LogP contribution is -2.39. The van der Waals surface area contributed by atoms with E-state index in [-0.39, 0.29) is 6.04 Å². The van der Waals surface area contributed by atoms with Crippen molar-refractivity contribution < 1.29 is 8.42 Å². The van der Waals surface area contributed by atoms with E-state index >= 15 is 0 Å². The first-order valence-corrected chi connectivity index (χ1v) is 9.21. The number of rotatable bonds is 8. The fraction of sp³-hybridized carbons (Fsp3) is 0.692. The molecule has 7 heteroatoms. The fourth-order valence-corrected chi connectivity index (χ4v) is 4.76. The third-order valence-corrected chi connectivity index (χ3v) is 5.84. The summed E-state index contributed by atoms with van der Waals surface area (Å²) >= 11 is 1.50. The molecule has 0 aliphatic heterocycles. The maximum atomic E-state index is 12.4. The van der Waals surface area contributed by atoms with Gasteiger partial charge in [-0.1, -0.05) is 0 Å². The highest BCUT2D eigenvalue weighted by molar-refractivity contribution is 7.89. The van der Waals surface area contributed by atoms with E-state index in [2.05, 4.69) is 10.0 Å². The van der Waals surface area contributed by atoms with Crippen molar-refractivity contribution in [2.45, 2.75) is 43.3 Å². The molecule has 1 saturated carbocycles. The van der Waals surface area contributed by atoms with Gasteiger partial charge in [-0.2, -0.15) is 0 Å². The van der Waals surface area contributed by atoms with Crippen LogP contribution in [0.1, 0.15) is 24.6 Å². The zero-order valence-corrected chi connectivity index (χ0v) is 13.9. The average molecular weight is 317 g/mol. The average Bonchev–Trinajstić information content (AvgIpc) is 3.00. The molecule has 0 amide bonds. The number of sulfonamides is 1. The second-order valence-corrected chi connectivity index (χ2v) is 8.33.